The highest BCUT2D eigenvalue weighted by Gasteiger charge is 2.44. The third-order valence-corrected chi connectivity index (χ3v) is 5.15. The van der Waals surface area contributed by atoms with Crippen molar-refractivity contribution >= 4 is 23.1 Å². The summed E-state index contributed by atoms with van der Waals surface area (Å²) in [6, 6.07) is 14.0. The van der Waals surface area contributed by atoms with Crippen LogP contribution in [-0.4, -0.2) is 37.5 Å². The van der Waals surface area contributed by atoms with E-state index < -0.39 is 17.7 Å². The Hall–Kier alpha value is -3.28. The van der Waals surface area contributed by atoms with E-state index in [-0.39, 0.29) is 17.3 Å². The number of Topliss-reactive ketones (excluding diaryl/α,β-unsaturated/α-hetero) is 1. The van der Waals surface area contributed by atoms with Gasteiger partial charge < -0.3 is 14.7 Å². The molecule has 1 N–H and O–H groups in total. The first-order valence-corrected chi connectivity index (χ1v) is 10.1. The van der Waals surface area contributed by atoms with E-state index in [9.17, 15) is 14.7 Å². The molecule has 2 aromatic rings. The maximum Gasteiger partial charge on any atom is 0.294 e. The van der Waals surface area contributed by atoms with E-state index in [4.69, 9.17) is 4.74 Å². The smallest absolute Gasteiger partial charge is 0.294 e. The van der Waals surface area contributed by atoms with Crippen molar-refractivity contribution in [1.29, 1.82) is 0 Å². The number of hydrogen-bond donors (Lipinski definition) is 1. The first-order chi connectivity index (χ1) is 14.3. The monoisotopic (exact) mass is 408 g/mol. The Morgan fingerprint density at radius 3 is 2.20 bits per heavy atom. The number of aliphatic hydroxyl groups is 1. The van der Waals surface area contributed by atoms with Crippen molar-refractivity contribution in [2.24, 2.45) is 5.92 Å². The Labute approximate surface area is 177 Å². The van der Waals surface area contributed by atoms with Crippen molar-refractivity contribution in [3.63, 3.8) is 0 Å². The number of hydrogen-bond acceptors (Lipinski definition) is 5. The van der Waals surface area contributed by atoms with Gasteiger partial charge in [-0.1, -0.05) is 26.0 Å². The van der Waals surface area contributed by atoms with Crippen molar-refractivity contribution in [2.75, 3.05) is 30.5 Å². The molecule has 0 aliphatic carbocycles. The number of carbonyl (C=O) groups is 2. The molecule has 1 aliphatic rings. The van der Waals surface area contributed by atoms with Crippen LogP contribution in [0.1, 0.15) is 32.4 Å². The summed E-state index contributed by atoms with van der Waals surface area (Å²) in [4.78, 5) is 29.4. The molecule has 0 spiro atoms. The van der Waals surface area contributed by atoms with Crippen LogP contribution in [0.25, 0.3) is 0 Å². The van der Waals surface area contributed by atoms with Crippen LogP contribution in [0.2, 0.25) is 0 Å². The number of rotatable bonds is 7. The standard InChI is InChI=1S/C24H28N2O4/c1-6-30-19-13-11-18(12-14-19)26-21(16-7-9-17(10-8-16)25(4)5)20(22(27)15(2)3)23(28)24(26)29/h7-15,21,28H,6H2,1-5H3. The summed E-state index contributed by atoms with van der Waals surface area (Å²) in [5.41, 5.74) is 2.49. The molecule has 6 heteroatoms. The minimum atomic E-state index is -0.693. The predicted octanol–water partition coefficient (Wildman–Crippen LogP) is 4.28. The van der Waals surface area contributed by atoms with Crippen LogP contribution in [0, 0.1) is 5.92 Å². The van der Waals surface area contributed by atoms with Crippen molar-refractivity contribution in [2.45, 2.75) is 26.8 Å². The SMILES string of the molecule is CCOc1ccc(N2C(=O)C(O)=C(C(=O)C(C)C)C2c2ccc(N(C)C)cc2)cc1. The molecule has 0 radical (unpaired) electrons. The van der Waals surface area contributed by atoms with Gasteiger partial charge in [0, 0.05) is 31.4 Å². The highest BCUT2D eigenvalue weighted by atomic mass is 16.5. The summed E-state index contributed by atoms with van der Waals surface area (Å²) < 4.78 is 5.49. The molecule has 1 amide bonds. The van der Waals surface area contributed by atoms with E-state index >= 15 is 0 Å². The third kappa shape index (κ3) is 3.90. The van der Waals surface area contributed by atoms with Crippen molar-refractivity contribution in [1.82, 2.24) is 0 Å². The Kier molecular flexibility index (Phi) is 6.15. The lowest BCUT2D eigenvalue weighted by molar-refractivity contribution is -0.119. The molecule has 6 nitrogen and oxygen atoms in total. The Balaban J connectivity index is 2.10. The summed E-state index contributed by atoms with van der Waals surface area (Å²) >= 11 is 0. The summed E-state index contributed by atoms with van der Waals surface area (Å²) in [7, 11) is 3.89. The highest BCUT2D eigenvalue weighted by Crippen LogP contribution is 2.42. The predicted molar refractivity (Wildman–Crippen MR) is 118 cm³/mol. The fourth-order valence-corrected chi connectivity index (χ4v) is 3.57. The van der Waals surface area contributed by atoms with Gasteiger partial charge in [0.1, 0.15) is 5.75 Å². The topological polar surface area (TPSA) is 70.1 Å². The van der Waals surface area contributed by atoms with Crippen LogP contribution in [-0.2, 0) is 9.59 Å². The molecular formula is C24H28N2O4. The molecule has 1 aliphatic heterocycles. The third-order valence-electron chi connectivity index (χ3n) is 5.15. The molecule has 0 aromatic heterocycles. The number of aliphatic hydroxyl groups excluding tert-OH is 1. The molecule has 158 valence electrons. The molecule has 0 saturated carbocycles. The van der Waals surface area contributed by atoms with Gasteiger partial charge in [-0.2, -0.15) is 0 Å². The fraction of sp³-hybridized carbons (Fsp3) is 0.333. The lowest BCUT2D eigenvalue weighted by atomic mass is 9.91. The molecule has 0 saturated heterocycles. The van der Waals surface area contributed by atoms with Crippen molar-refractivity contribution in [3.05, 3.63) is 65.4 Å². The summed E-state index contributed by atoms with van der Waals surface area (Å²) in [6.07, 6.45) is 0. The fourth-order valence-electron chi connectivity index (χ4n) is 3.57. The van der Waals surface area contributed by atoms with Gasteiger partial charge in [0.15, 0.2) is 11.5 Å². The molecular weight excluding hydrogens is 380 g/mol. The molecule has 0 bridgehead atoms. The number of nitrogens with zero attached hydrogens (tertiary/aromatic N) is 2. The lowest BCUT2D eigenvalue weighted by Crippen LogP contribution is -2.31. The second-order valence-corrected chi connectivity index (χ2v) is 7.77. The Bertz CT molecular complexity index is 960. The quantitative estimate of drug-likeness (QED) is 0.741. The van der Waals surface area contributed by atoms with Crippen molar-refractivity contribution < 1.29 is 19.4 Å². The van der Waals surface area contributed by atoms with Gasteiger partial charge in [-0.05, 0) is 48.9 Å². The highest BCUT2D eigenvalue weighted by molar-refractivity contribution is 6.16. The zero-order valence-electron chi connectivity index (χ0n) is 18.0. The van der Waals surface area contributed by atoms with Gasteiger partial charge in [-0.15, -0.1) is 0 Å². The normalized spacial score (nSPS) is 16.4. The van der Waals surface area contributed by atoms with Crippen LogP contribution < -0.4 is 14.5 Å². The van der Waals surface area contributed by atoms with Gasteiger partial charge in [0.2, 0.25) is 0 Å². The van der Waals surface area contributed by atoms with Crippen molar-refractivity contribution in [3.8, 4) is 5.75 Å². The molecule has 1 unspecified atom stereocenters. The van der Waals surface area contributed by atoms with Crippen LogP contribution >= 0.6 is 0 Å². The number of ketones is 1. The molecule has 3 rings (SSSR count). The second kappa shape index (κ2) is 8.61. The van der Waals surface area contributed by atoms with Crippen LogP contribution in [0.3, 0.4) is 0 Å². The van der Waals surface area contributed by atoms with Gasteiger partial charge in [0.05, 0.1) is 18.2 Å². The first-order valence-electron chi connectivity index (χ1n) is 10.1. The minimum absolute atomic E-state index is 0.140. The Morgan fingerprint density at radius 2 is 1.70 bits per heavy atom. The van der Waals surface area contributed by atoms with Crippen LogP contribution in [0.4, 0.5) is 11.4 Å². The molecule has 30 heavy (non-hydrogen) atoms. The van der Waals surface area contributed by atoms with E-state index in [0.717, 1.165) is 11.3 Å². The first kappa shape index (κ1) is 21.4. The van der Waals surface area contributed by atoms with E-state index in [1.165, 1.54) is 4.90 Å². The Morgan fingerprint density at radius 1 is 1.10 bits per heavy atom. The number of ether oxygens (including phenoxy) is 1. The van der Waals surface area contributed by atoms with Crippen LogP contribution in [0.15, 0.2) is 59.9 Å². The largest absolute Gasteiger partial charge is 0.503 e. The average Bonchev–Trinajstić information content (AvgIpc) is 2.99. The molecule has 1 heterocycles. The van der Waals surface area contributed by atoms with E-state index in [1.54, 1.807) is 38.1 Å². The zero-order chi connectivity index (χ0) is 22.0. The van der Waals surface area contributed by atoms with E-state index in [1.807, 2.05) is 50.2 Å². The second-order valence-electron chi connectivity index (χ2n) is 7.77. The number of amides is 1. The zero-order valence-corrected chi connectivity index (χ0v) is 18.0. The molecule has 0 fully saturated rings. The van der Waals surface area contributed by atoms with Gasteiger partial charge in [-0.25, -0.2) is 0 Å². The van der Waals surface area contributed by atoms with Gasteiger partial charge >= 0.3 is 0 Å². The number of anilines is 2. The van der Waals surface area contributed by atoms with E-state index in [0.29, 0.717) is 18.0 Å². The van der Waals surface area contributed by atoms with Crippen LogP contribution in [0.5, 0.6) is 5.75 Å². The summed E-state index contributed by atoms with van der Waals surface area (Å²) in [6.45, 7) is 5.97. The van der Waals surface area contributed by atoms with Gasteiger partial charge in [0.25, 0.3) is 5.91 Å². The van der Waals surface area contributed by atoms with Gasteiger partial charge in [-0.3, -0.25) is 14.5 Å². The maximum atomic E-state index is 13.0. The lowest BCUT2D eigenvalue weighted by Gasteiger charge is -2.28. The maximum absolute atomic E-state index is 13.0. The van der Waals surface area contributed by atoms with E-state index in [2.05, 4.69) is 0 Å². The number of carbonyl (C=O) groups excluding carboxylic acids is 2. The molecule has 2 aromatic carbocycles. The minimum Gasteiger partial charge on any atom is -0.503 e. The molecule has 1 atom stereocenters. The average molecular weight is 408 g/mol. The number of benzene rings is 2. The summed E-state index contributed by atoms with van der Waals surface area (Å²) in [5.74, 6) is -0.959. The summed E-state index contributed by atoms with van der Waals surface area (Å²) in [5, 5.41) is 10.7.